The molecular weight excluding hydrogens is 400 g/mol. The Labute approximate surface area is 183 Å². The number of aromatic nitrogens is 2. The molecule has 1 aromatic heterocycles. The minimum Gasteiger partial charge on any atom is -0.394 e. The first-order valence-corrected chi connectivity index (χ1v) is 11.2. The monoisotopic (exact) mass is 434 g/mol. The van der Waals surface area contributed by atoms with Crippen LogP contribution in [0.4, 0.5) is 5.82 Å². The van der Waals surface area contributed by atoms with Crippen molar-refractivity contribution >= 4 is 11.7 Å². The van der Waals surface area contributed by atoms with Gasteiger partial charge in [0.15, 0.2) is 6.23 Å². The standard InChI is InChI=1S/C22H34N4O5/c1-2-3-4-5-6-7-8-9-10-11-19(28)24-18-12-13-26(22(30)25-18)21-16(14-23)20(29)17(15-27)31-21/h12-13,16-17,20-21,27,29H,2-11,15H2,1H3,(H,24,25,28,30)/t16?,17-,20+,21-/m1/s1. The van der Waals surface area contributed by atoms with Crippen LogP contribution < -0.4 is 11.0 Å². The zero-order valence-electron chi connectivity index (χ0n) is 18.2. The molecule has 3 N–H and O–H groups in total. The van der Waals surface area contributed by atoms with E-state index in [9.17, 15) is 25.1 Å². The van der Waals surface area contributed by atoms with Crippen molar-refractivity contribution in [3.63, 3.8) is 0 Å². The minimum absolute atomic E-state index is 0.132. The van der Waals surface area contributed by atoms with Crippen LogP contribution >= 0.6 is 0 Å². The van der Waals surface area contributed by atoms with Gasteiger partial charge in [-0.3, -0.25) is 9.36 Å². The number of aliphatic hydroxyl groups excluding tert-OH is 2. The molecular formula is C22H34N4O5. The van der Waals surface area contributed by atoms with Gasteiger partial charge in [-0.05, 0) is 12.5 Å². The van der Waals surface area contributed by atoms with E-state index < -0.39 is 36.7 Å². The third kappa shape index (κ3) is 7.42. The summed E-state index contributed by atoms with van der Waals surface area (Å²) >= 11 is 0. The summed E-state index contributed by atoms with van der Waals surface area (Å²) in [5, 5.41) is 31.2. The van der Waals surface area contributed by atoms with E-state index in [0.29, 0.717) is 6.42 Å². The smallest absolute Gasteiger partial charge is 0.351 e. The molecule has 31 heavy (non-hydrogen) atoms. The highest BCUT2D eigenvalue weighted by Crippen LogP contribution is 2.33. The van der Waals surface area contributed by atoms with Gasteiger partial charge in [-0.25, -0.2) is 4.79 Å². The van der Waals surface area contributed by atoms with Crippen molar-refractivity contribution in [3.05, 3.63) is 22.7 Å². The van der Waals surface area contributed by atoms with Gasteiger partial charge in [-0.15, -0.1) is 0 Å². The van der Waals surface area contributed by atoms with Crippen molar-refractivity contribution in [1.29, 1.82) is 5.26 Å². The molecule has 0 aliphatic carbocycles. The summed E-state index contributed by atoms with van der Waals surface area (Å²) in [4.78, 5) is 28.3. The number of carbonyl (C=O) groups is 1. The maximum atomic E-state index is 12.4. The molecule has 1 aromatic rings. The number of anilines is 1. The molecule has 1 unspecified atom stereocenters. The van der Waals surface area contributed by atoms with E-state index >= 15 is 0 Å². The van der Waals surface area contributed by atoms with E-state index in [4.69, 9.17) is 4.74 Å². The van der Waals surface area contributed by atoms with Gasteiger partial charge in [0.1, 0.15) is 23.9 Å². The highest BCUT2D eigenvalue weighted by Gasteiger charge is 2.45. The minimum atomic E-state index is -1.21. The Hall–Kier alpha value is -2.28. The Morgan fingerprint density at radius 1 is 1.23 bits per heavy atom. The number of rotatable bonds is 13. The van der Waals surface area contributed by atoms with Crippen LogP contribution in [0.3, 0.4) is 0 Å². The second-order valence-corrected chi connectivity index (χ2v) is 8.02. The average Bonchev–Trinajstić information content (AvgIpc) is 3.07. The lowest BCUT2D eigenvalue weighted by Gasteiger charge is -2.16. The molecule has 4 atom stereocenters. The highest BCUT2D eigenvalue weighted by molar-refractivity contribution is 5.89. The quantitative estimate of drug-likeness (QED) is 0.406. The van der Waals surface area contributed by atoms with Crippen molar-refractivity contribution in [2.24, 2.45) is 5.92 Å². The number of nitrogens with one attached hydrogen (secondary N) is 1. The SMILES string of the molecule is CCCCCCCCCCCC(=O)Nc1ccn([C@@H]2O[C@H](CO)[C@@H](O)C2C#N)c(=O)n1. The molecule has 1 fully saturated rings. The van der Waals surface area contributed by atoms with Gasteiger partial charge in [0.2, 0.25) is 5.91 Å². The summed E-state index contributed by atoms with van der Waals surface area (Å²) in [6.07, 6.45) is 9.03. The summed E-state index contributed by atoms with van der Waals surface area (Å²) in [5.41, 5.74) is -0.711. The lowest BCUT2D eigenvalue weighted by atomic mass is 10.0. The first kappa shape index (κ1) is 25.0. The van der Waals surface area contributed by atoms with Gasteiger partial charge in [-0.1, -0.05) is 58.3 Å². The summed E-state index contributed by atoms with van der Waals surface area (Å²) in [5.74, 6) is -1.08. The van der Waals surface area contributed by atoms with Gasteiger partial charge in [0.05, 0.1) is 12.7 Å². The lowest BCUT2D eigenvalue weighted by molar-refractivity contribution is -0.116. The van der Waals surface area contributed by atoms with Gasteiger partial charge in [0, 0.05) is 12.6 Å². The second-order valence-electron chi connectivity index (χ2n) is 8.02. The predicted octanol–water partition coefficient (Wildman–Crippen LogP) is 2.49. The molecule has 1 aliphatic heterocycles. The van der Waals surface area contributed by atoms with Crippen molar-refractivity contribution in [3.8, 4) is 6.07 Å². The number of hydrogen-bond donors (Lipinski definition) is 3. The molecule has 1 saturated heterocycles. The third-order valence-corrected chi connectivity index (χ3v) is 5.58. The highest BCUT2D eigenvalue weighted by atomic mass is 16.5. The number of nitriles is 1. The van der Waals surface area contributed by atoms with Crippen LogP contribution in [0, 0.1) is 17.2 Å². The maximum Gasteiger partial charge on any atom is 0.351 e. The van der Waals surface area contributed by atoms with E-state index in [1.807, 2.05) is 6.07 Å². The fourth-order valence-corrected chi connectivity index (χ4v) is 3.75. The Kier molecular flexibility index (Phi) is 10.6. The number of unbranched alkanes of at least 4 members (excludes halogenated alkanes) is 8. The first-order valence-electron chi connectivity index (χ1n) is 11.2. The Morgan fingerprint density at radius 2 is 1.87 bits per heavy atom. The molecule has 2 rings (SSSR count). The fraction of sp³-hybridized carbons (Fsp3) is 0.727. The Balaban J connectivity index is 1.77. The summed E-state index contributed by atoms with van der Waals surface area (Å²) < 4.78 is 6.53. The average molecular weight is 435 g/mol. The molecule has 1 aliphatic rings. The molecule has 1 amide bonds. The number of hydrogen-bond acceptors (Lipinski definition) is 7. The third-order valence-electron chi connectivity index (χ3n) is 5.58. The topological polar surface area (TPSA) is 137 Å². The van der Waals surface area contributed by atoms with Crippen molar-refractivity contribution < 1.29 is 19.7 Å². The van der Waals surface area contributed by atoms with Crippen LogP contribution in [-0.2, 0) is 9.53 Å². The Bertz CT molecular complexity index is 791. The summed E-state index contributed by atoms with van der Waals surface area (Å²) in [6, 6.07) is 3.36. The molecule has 2 heterocycles. The van der Waals surface area contributed by atoms with Gasteiger partial charge in [-0.2, -0.15) is 10.2 Å². The number of nitrogens with zero attached hydrogens (tertiary/aromatic N) is 3. The largest absolute Gasteiger partial charge is 0.394 e. The van der Waals surface area contributed by atoms with Crippen LogP contribution in [-0.4, -0.2) is 44.5 Å². The fourth-order valence-electron chi connectivity index (χ4n) is 3.75. The second kappa shape index (κ2) is 13.2. The van der Waals surface area contributed by atoms with E-state index in [1.54, 1.807) is 0 Å². The van der Waals surface area contributed by atoms with E-state index in [-0.39, 0.29) is 11.7 Å². The van der Waals surface area contributed by atoms with Gasteiger partial charge in [0.25, 0.3) is 0 Å². The van der Waals surface area contributed by atoms with Crippen LogP contribution in [0.25, 0.3) is 0 Å². The van der Waals surface area contributed by atoms with E-state index in [1.165, 1.54) is 50.8 Å². The van der Waals surface area contributed by atoms with Crippen molar-refractivity contribution in [1.82, 2.24) is 9.55 Å². The van der Waals surface area contributed by atoms with E-state index in [0.717, 1.165) is 23.8 Å². The van der Waals surface area contributed by atoms with Crippen LogP contribution in [0.15, 0.2) is 17.1 Å². The lowest BCUT2D eigenvalue weighted by Crippen LogP contribution is -2.32. The van der Waals surface area contributed by atoms with Crippen molar-refractivity contribution in [2.75, 3.05) is 11.9 Å². The van der Waals surface area contributed by atoms with Gasteiger partial charge < -0.3 is 20.3 Å². The summed E-state index contributed by atoms with van der Waals surface area (Å²) in [6.45, 7) is 1.74. The van der Waals surface area contributed by atoms with Crippen LogP contribution in [0.1, 0.15) is 77.4 Å². The molecule has 0 radical (unpaired) electrons. The van der Waals surface area contributed by atoms with Crippen LogP contribution in [0.2, 0.25) is 0 Å². The predicted molar refractivity (Wildman–Crippen MR) is 115 cm³/mol. The molecule has 0 spiro atoms. The number of amides is 1. The van der Waals surface area contributed by atoms with E-state index in [2.05, 4.69) is 17.2 Å². The maximum absolute atomic E-state index is 12.4. The first-order chi connectivity index (χ1) is 15.0. The normalized spacial score (nSPS) is 22.9. The summed E-state index contributed by atoms with van der Waals surface area (Å²) in [7, 11) is 0. The zero-order valence-corrected chi connectivity index (χ0v) is 18.2. The number of ether oxygens (including phenoxy) is 1. The van der Waals surface area contributed by atoms with Crippen LogP contribution in [0.5, 0.6) is 0 Å². The molecule has 0 aromatic carbocycles. The molecule has 172 valence electrons. The van der Waals surface area contributed by atoms with Crippen molar-refractivity contribution in [2.45, 2.75) is 89.6 Å². The molecule has 0 bridgehead atoms. The Morgan fingerprint density at radius 3 is 2.45 bits per heavy atom. The molecule has 9 heteroatoms. The van der Waals surface area contributed by atoms with Gasteiger partial charge >= 0.3 is 5.69 Å². The number of aliphatic hydroxyl groups is 2. The number of carbonyl (C=O) groups excluding carboxylic acids is 1. The molecule has 0 saturated carbocycles. The molecule has 9 nitrogen and oxygen atoms in total. The zero-order chi connectivity index (χ0) is 22.6.